The Bertz CT molecular complexity index is 394. The van der Waals surface area contributed by atoms with Crippen LogP contribution in [0.1, 0.15) is 40.0 Å². The van der Waals surface area contributed by atoms with Crippen LogP contribution in [0.3, 0.4) is 0 Å². The summed E-state index contributed by atoms with van der Waals surface area (Å²) in [6.07, 6.45) is 7.29. The first-order valence-corrected chi connectivity index (χ1v) is 7.82. The highest BCUT2D eigenvalue weighted by Gasteiger charge is 2.43. The fraction of sp³-hybridized carbons (Fsp3) is 0.800. The molecule has 0 bridgehead atoms. The minimum Gasteiger partial charge on any atom is -0.484 e. The predicted molar refractivity (Wildman–Crippen MR) is 79.0 cm³/mol. The summed E-state index contributed by atoms with van der Waals surface area (Å²) in [6, 6.07) is 0.422. The number of aromatic nitrogens is 2. The lowest BCUT2D eigenvalue weighted by Crippen LogP contribution is -2.61. The van der Waals surface area contributed by atoms with Gasteiger partial charge in [0.1, 0.15) is 12.2 Å². The van der Waals surface area contributed by atoms with Gasteiger partial charge in [-0.05, 0) is 26.3 Å². The van der Waals surface area contributed by atoms with Crippen LogP contribution in [0.25, 0.3) is 0 Å². The summed E-state index contributed by atoms with van der Waals surface area (Å²) in [4.78, 5) is 0. The van der Waals surface area contributed by atoms with Crippen molar-refractivity contribution in [1.82, 2.24) is 15.1 Å². The molecule has 5 nitrogen and oxygen atoms in total. The van der Waals surface area contributed by atoms with E-state index in [1.807, 2.05) is 17.8 Å². The summed E-state index contributed by atoms with van der Waals surface area (Å²) >= 11 is 0. The van der Waals surface area contributed by atoms with Crippen LogP contribution in [0, 0.1) is 0 Å². The first-order valence-electron chi connectivity index (χ1n) is 7.82. The second kappa shape index (κ2) is 7.64. The molecule has 1 aliphatic carbocycles. The highest BCUT2D eigenvalue weighted by Crippen LogP contribution is 2.29. The predicted octanol–water partition coefficient (Wildman–Crippen LogP) is 2.22. The normalized spacial score (nSPS) is 25.4. The average Bonchev–Trinajstić information content (AvgIpc) is 2.87. The van der Waals surface area contributed by atoms with Crippen molar-refractivity contribution in [2.75, 3.05) is 13.2 Å². The molecule has 0 saturated heterocycles. The van der Waals surface area contributed by atoms with Gasteiger partial charge >= 0.3 is 0 Å². The zero-order chi connectivity index (χ0) is 14.4. The van der Waals surface area contributed by atoms with Crippen LogP contribution in [0.15, 0.2) is 12.4 Å². The Labute approximate surface area is 121 Å². The number of hydrogen-bond donors (Lipinski definition) is 1. The summed E-state index contributed by atoms with van der Waals surface area (Å²) in [5.74, 6) is 0.849. The monoisotopic (exact) mass is 281 g/mol. The topological polar surface area (TPSA) is 48.3 Å². The minimum atomic E-state index is 0.142. The van der Waals surface area contributed by atoms with Crippen molar-refractivity contribution < 1.29 is 9.47 Å². The van der Waals surface area contributed by atoms with Crippen LogP contribution in [0.4, 0.5) is 0 Å². The molecule has 1 fully saturated rings. The van der Waals surface area contributed by atoms with Crippen LogP contribution in [-0.2, 0) is 11.3 Å². The van der Waals surface area contributed by atoms with E-state index in [9.17, 15) is 0 Å². The van der Waals surface area contributed by atoms with E-state index in [1.54, 1.807) is 6.20 Å². The molecule has 0 amide bonds. The van der Waals surface area contributed by atoms with Gasteiger partial charge in [0.2, 0.25) is 0 Å². The van der Waals surface area contributed by atoms with Gasteiger partial charge in [-0.25, -0.2) is 0 Å². The molecule has 2 rings (SSSR count). The Balaban J connectivity index is 1.85. The second-order valence-electron chi connectivity index (χ2n) is 5.31. The average molecular weight is 281 g/mol. The van der Waals surface area contributed by atoms with E-state index in [-0.39, 0.29) is 12.2 Å². The van der Waals surface area contributed by atoms with Gasteiger partial charge in [0.25, 0.3) is 0 Å². The molecule has 0 aromatic carbocycles. The standard InChI is InChI=1S/C15H27N3O2/c1-4-7-16-13-9-14(15(13)19-6-3)20-12-10-17-18(11-12)8-5-2/h10-11,13-16H,4-9H2,1-3H3. The fourth-order valence-corrected chi connectivity index (χ4v) is 2.57. The van der Waals surface area contributed by atoms with Crippen LogP contribution in [-0.4, -0.2) is 41.2 Å². The van der Waals surface area contributed by atoms with Gasteiger partial charge in [0.15, 0.2) is 5.75 Å². The molecule has 114 valence electrons. The van der Waals surface area contributed by atoms with Gasteiger partial charge in [0.05, 0.1) is 12.4 Å². The molecule has 3 atom stereocenters. The van der Waals surface area contributed by atoms with E-state index < -0.39 is 0 Å². The highest BCUT2D eigenvalue weighted by atomic mass is 16.5. The number of hydrogen-bond acceptors (Lipinski definition) is 4. The number of nitrogens with one attached hydrogen (secondary N) is 1. The quantitative estimate of drug-likeness (QED) is 0.754. The molecule has 1 aliphatic rings. The molecule has 1 N–H and O–H groups in total. The number of nitrogens with zero attached hydrogens (tertiary/aromatic N) is 2. The van der Waals surface area contributed by atoms with E-state index >= 15 is 0 Å². The van der Waals surface area contributed by atoms with Gasteiger partial charge in [-0.1, -0.05) is 13.8 Å². The van der Waals surface area contributed by atoms with E-state index in [2.05, 4.69) is 24.3 Å². The van der Waals surface area contributed by atoms with Gasteiger partial charge in [-0.2, -0.15) is 5.10 Å². The Hall–Kier alpha value is -1.07. The third kappa shape index (κ3) is 3.73. The minimum absolute atomic E-state index is 0.142. The smallest absolute Gasteiger partial charge is 0.157 e. The maximum absolute atomic E-state index is 6.00. The highest BCUT2D eigenvalue weighted by molar-refractivity contribution is 5.14. The molecule has 20 heavy (non-hydrogen) atoms. The SMILES string of the molecule is CCCNC1CC(Oc2cnn(CCC)c2)C1OCC. The van der Waals surface area contributed by atoms with Crippen molar-refractivity contribution in [2.45, 2.75) is 64.8 Å². The number of aryl methyl sites for hydroxylation is 1. The van der Waals surface area contributed by atoms with Crippen LogP contribution < -0.4 is 10.1 Å². The molecule has 0 aliphatic heterocycles. The van der Waals surface area contributed by atoms with Crippen LogP contribution in [0.2, 0.25) is 0 Å². The summed E-state index contributed by atoms with van der Waals surface area (Å²) in [5, 5.41) is 7.81. The summed E-state index contributed by atoms with van der Waals surface area (Å²) < 4.78 is 13.7. The van der Waals surface area contributed by atoms with Crippen molar-refractivity contribution in [1.29, 1.82) is 0 Å². The third-order valence-corrected chi connectivity index (χ3v) is 3.61. The first-order chi connectivity index (χ1) is 9.78. The summed E-state index contributed by atoms with van der Waals surface area (Å²) in [5.41, 5.74) is 0. The van der Waals surface area contributed by atoms with Crippen molar-refractivity contribution in [2.24, 2.45) is 0 Å². The van der Waals surface area contributed by atoms with Crippen molar-refractivity contribution >= 4 is 0 Å². The molecular formula is C15H27N3O2. The molecule has 0 spiro atoms. The molecule has 1 aromatic heterocycles. The Morgan fingerprint density at radius 2 is 2.20 bits per heavy atom. The van der Waals surface area contributed by atoms with Gasteiger partial charge in [0, 0.05) is 25.6 Å². The fourth-order valence-electron chi connectivity index (χ4n) is 2.57. The van der Waals surface area contributed by atoms with Crippen molar-refractivity contribution in [3.8, 4) is 5.75 Å². The lowest BCUT2D eigenvalue weighted by atomic mass is 9.85. The van der Waals surface area contributed by atoms with Gasteiger partial charge in [-0.3, -0.25) is 4.68 Å². The second-order valence-corrected chi connectivity index (χ2v) is 5.31. The van der Waals surface area contributed by atoms with Gasteiger partial charge < -0.3 is 14.8 Å². The molecule has 3 unspecified atom stereocenters. The van der Waals surface area contributed by atoms with Gasteiger partial charge in [-0.15, -0.1) is 0 Å². The maximum Gasteiger partial charge on any atom is 0.157 e. The summed E-state index contributed by atoms with van der Waals surface area (Å²) in [6.45, 7) is 9.05. The summed E-state index contributed by atoms with van der Waals surface area (Å²) in [7, 11) is 0. The Morgan fingerprint density at radius 3 is 2.90 bits per heavy atom. The zero-order valence-corrected chi connectivity index (χ0v) is 12.8. The van der Waals surface area contributed by atoms with Crippen LogP contribution >= 0.6 is 0 Å². The number of ether oxygens (including phenoxy) is 2. The first kappa shape index (κ1) is 15.3. The van der Waals surface area contributed by atoms with E-state index in [0.717, 1.165) is 44.7 Å². The van der Waals surface area contributed by atoms with Crippen molar-refractivity contribution in [3.63, 3.8) is 0 Å². The molecule has 0 radical (unpaired) electrons. The van der Waals surface area contributed by atoms with E-state index in [0.29, 0.717) is 6.04 Å². The van der Waals surface area contributed by atoms with Crippen molar-refractivity contribution in [3.05, 3.63) is 12.4 Å². The zero-order valence-electron chi connectivity index (χ0n) is 12.8. The lowest BCUT2D eigenvalue weighted by Gasteiger charge is -2.43. The molecule has 1 aromatic rings. The Morgan fingerprint density at radius 1 is 1.35 bits per heavy atom. The maximum atomic E-state index is 6.00. The lowest BCUT2D eigenvalue weighted by molar-refractivity contribution is -0.104. The molecule has 5 heteroatoms. The largest absolute Gasteiger partial charge is 0.484 e. The van der Waals surface area contributed by atoms with E-state index in [4.69, 9.17) is 9.47 Å². The van der Waals surface area contributed by atoms with Crippen LogP contribution in [0.5, 0.6) is 5.75 Å². The Kier molecular flexibility index (Phi) is 5.86. The molecule has 1 heterocycles. The number of rotatable bonds is 9. The third-order valence-electron chi connectivity index (χ3n) is 3.61. The van der Waals surface area contributed by atoms with E-state index in [1.165, 1.54) is 0 Å². The molecule has 1 saturated carbocycles. The molecular weight excluding hydrogens is 254 g/mol.